The zero-order valence-corrected chi connectivity index (χ0v) is 14.2. The van der Waals surface area contributed by atoms with Crippen molar-refractivity contribution in [2.24, 2.45) is 0 Å². The van der Waals surface area contributed by atoms with Gasteiger partial charge in [-0.2, -0.15) is 0 Å². The van der Waals surface area contributed by atoms with E-state index in [9.17, 15) is 9.90 Å². The monoisotopic (exact) mass is 332 g/mol. The number of piperidine rings is 1. The molecule has 132 valence electrons. The van der Waals surface area contributed by atoms with Crippen LogP contribution in [0, 0.1) is 0 Å². The van der Waals surface area contributed by atoms with E-state index in [0.717, 1.165) is 36.9 Å². The molecule has 2 amide bonds. The Morgan fingerprint density at radius 2 is 2.04 bits per heavy atom. The molecular formula is C19H28N2O3. The topological polar surface area (TPSA) is 61.8 Å². The minimum Gasteiger partial charge on any atom is -0.391 e. The number of anilines is 1. The summed E-state index contributed by atoms with van der Waals surface area (Å²) in [6.07, 6.45) is 7.78. The normalized spacial score (nSPS) is 22.4. The zero-order chi connectivity index (χ0) is 16.8. The molecule has 0 spiro atoms. The van der Waals surface area contributed by atoms with E-state index in [-0.39, 0.29) is 6.03 Å². The van der Waals surface area contributed by atoms with Gasteiger partial charge >= 0.3 is 6.03 Å². The molecule has 5 nitrogen and oxygen atoms in total. The quantitative estimate of drug-likeness (QED) is 0.887. The van der Waals surface area contributed by atoms with Crippen molar-refractivity contribution >= 4 is 11.7 Å². The second-order valence-corrected chi connectivity index (χ2v) is 6.94. The maximum Gasteiger partial charge on any atom is 0.321 e. The number of urea groups is 1. The summed E-state index contributed by atoms with van der Waals surface area (Å²) in [7, 11) is 0. The molecule has 1 saturated heterocycles. The number of ether oxygens (including phenoxy) is 1. The van der Waals surface area contributed by atoms with Crippen molar-refractivity contribution in [2.45, 2.75) is 63.8 Å². The van der Waals surface area contributed by atoms with Crippen LogP contribution in [-0.4, -0.2) is 41.3 Å². The molecule has 24 heavy (non-hydrogen) atoms. The van der Waals surface area contributed by atoms with E-state index >= 15 is 0 Å². The van der Waals surface area contributed by atoms with Gasteiger partial charge in [-0.05, 0) is 43.4 Å². The summed E-state index contributed by atoms with van der Waals surface area (Å²) in [6.45, 7) is 1.71. The van der Waals surface area contributed by atoms with Crippen LogP contribution in [0.3, 0.4) is 0 Å². The first-order valence-corrected chi connectivity index (χ1v) is 9.15. The molecule has 1 aromatic rings. The maximum atomic E-state index is 12.3. The lowest BCUT2D eigenvalue weighted by Crippen LogP contribution is -2.44. The van der Waals surface area contributed by atoms with Crippen LogP contribution in [0.2, 0.25) is 0 Å². The Labute approximate surface area is 144 Å². The number of nitrogens with zero attached hydrogens (tertiary/aromatic N) is 1. The van der Waals surface area contributed by atoms with E-state index < -0.39 is 6.10 Å². The molecule has 0 aromatic heterocycles. The minimum absolute atomic E-state index is 0.140. The van der Waals surface area contributed by atoms with E-state index in [1.807, 2.05) is 24.3 Å². The molecule has 0 bridgehead atoms. The van der Waals surface area contributed by atoms with Gasteiger partial charge in [-0.25, -0.2) is 4.79 Å². The first kappa shape index (κ1) is 17.2. The lowest BCUT2D eigenvalue weighted by atomic mass is 9.98. The summed E-state index contributed by atoms with van der Waals surface area (Å²) in [4.78, 5) is 14.0. The number of hydrogen-bond donors (Lipinski definition) is 2. The highest BCUT2D eigenvalue weighted by atomic mass is 16.5. The van der Waals surface area contributed by atoms with E-state index in [2.05, 4.69) is 5.32 Å². The van der Waals surface area contributed by atoms with E-state index in [1.54, 1.807) is 4.90 Å². The van der Waals surface area contributed by atoms with Gasteiger partial charge in [-0.1, -0.05) is 31.4 Å². The van der Waals surface area contributed by atoms with Gasteiger partial charge in [0.15, 0.2) is 0 Å². The van der Waals surface area contributed by atoms with Crippen molar-refractivity contribution < 1.29 is 14.6 Å². The van der Waals surface area contributed by atoms with Gasteiger partial charge < -0.3 is 20.1 Å². The fraction of sp³-hybridized carbons (Fsp3) is 0.632. The minimum atomic E-state index is -0.403. The van der Waals surface area contributed by atoms with Crippen LogP contribution in [-0.2, 0) is 11.3 Å². The van der Waals surface area contributed by atoms with Crippen LogP contribution in [0.1, 0.15) is 50.5 Å². The van der Waals surface area contributed by atoms with Gasteiger partial charge in [0.1, 0.15) is 0 Å². The van der Waals surface area contributed by atoms with E-state index in [1.165, 1.54) is 19.3 Å². The third-order valence-electron chi connectivity index (χ3n) is 4.90. The largest absolute Gasteiger partial charge is 0.391 e. The first-order valence-electron chi connectivity index (χ1n) is 9.15. The SMILES string of the molecule is O=C(Nc1cccc(COC2CCCCC2)c1)N1CCCC(O)C1. The molecule has 3 rings (SSSR count). The molecule has 1 atom stereocenters. The summed E-state index contributed by atoms with van der Waals surface area (Å²) in [5.41, 5.74) is 1.86. The predicted octanol–water partition coefficient (Wildman–Crippen LogP) is 3.52. The number of carbonyl (C=O) groups is 1. The Bertz CT molecular complexity index is 543. The zero-order valence-electron chi connectivity index (χ0n) is 14.2. The molecule has 2 fully saturated rings. The first-order chi connectivity index (χ1) is 11.7. The highest BCUT2D eigenvalue weighted by Crippen LogP contribution is 2.22. The molecule has 1 aliphatic heterocycles. The standard InChI is InChI=1S/C19H28N2O3/c22-17-8-5-11-21(13-17)19(23)20-16-7-4-6-15(12-16)14-24-18-9-2-1-3-10-18/h4,6-7,12,17-18,22H,1-3,5,8-11,13-14H2,(H,20,23). The molecule has 1 aliphatic carbocycles. The summed E-state index contributed by atoms with van der Waals surface area (Å²) in [6, 6.07) is 7.70. The van der Waals surface area contributed by atoms with Crippen molar-refractivity contribution in [2.75, 3.05) is 18.4 Å². The fourth-order valence-electron chi connectivity index (χ4n) is 3.53. The van der Waals surface area contributed by atoms with E-state index in [4.69, 9.17) is 4.74 Å². The van der Waals surface area contributed by atoms with E-state index in [0.29, 0.717) is 25.8 Å². The summed E-state index contributed by atoms with van der Waals surface area (Å²) < 4.78 is 6.00. The number of β-amino-alcohol motifs (C(OH)–C–C–N with tert-alkyl or cyclic N) is 1. The number of nitrogens with one attached hydrogen (secondary N) is 1. The van der Waals surface area contributed by atoms with Gasteiger partial charge in [0.2, 0.25) is 0 Å². The van der Waals surface area contributed by atoms with Crippen LogP contribution in [0.25, 0.3) is 0 Å². The summed E-state index contributed by atoms with van der Waals surface area (Å²) in [5, 5.41) is 12.6. The number of aliphatic hydroxyl groups is 1. The molecular weight excluding hydrogens is 304 g/mol. The Kier molecular flexibility index (Phi) is 6.10. The van der Waals surface area contributed by atoms with Gasteiger partial charge in [0.25, 0.3) is 0 Å². The Hall–Kier alpha value is -1.59. The third-order valence-corrected chi connectivity index (χ3v) is 4.90. The Morgan fingerprint density at radius 3 is 2.83 bits per heavy atom. The van der Waals surface area contributed by atoms with Crippen molar-refractivity contribution in [3.8, 4) is 0 Å². The summed E-state index contributed by atoms with van der Waals surface area (Å²) >= 11 is 0. The molecule has 2 aliphatic rings. The molecule has 1 heterocycles. The van der Waals surface area contributed by atoms with Gasteiger partial charge in [0.05, 0.1) is 18.8 Å². The van der Waals surface area contributed by atoms with Crippen LogP contribution in [0.15, 0.2) is 24.3 Å². The fourth-order valence-corrected chi connectivity index (χ4v) is 3.53. The second kappa shape index (κ2) is 8.49. The Balaban J connectivity index is 1.51. The number of hydrogen-bond acceptors (Lipinski definition) is 3. The third kappa shape index (κ3) is 4.95. The highest BCUT2D eigenvalue weighted by molar-refractivity contribution is 5.89. The van der Waals surface area contributed by atoms with Crippen molar-refractivity contribution in [1.29, 1.82) is 0 Å². The van der Waals surface area contributed by atoms with Gasteiger partial charge in [-0.15, -0.1) is 0 Å². The van der Waals surface area contributed by atoms with Crippen LogP contribution < -0.4 is 5.32 Å². The van der Waals surface area contributed by atoms with Gasteiger partial charge in [0, 0.05) is 18.8 Å². The van der Waals surface area contributed by atoms with Crippen molar-refractivity contribution in [3.05, 3.63) is 29.8 Å². The molecule has 1 saturated carbocycles. The lowest BCUT2D eigenvalue weighted by Gasteiger charge is -2.30. The molecule has 1 unspecified atom stereocenters. The molecule has 2 N–H and O–H groups in total. The number of amides is 2. The number of benzene rings is 1. The Morgan fingerprint density at radius 1 is 1.21 bits per heavy atom. The van der Waals surface area contributed by atoms with Gasteiger partial charge in [-0.3, -0.25) is 0 Å². The van der Waals surface area contributed by atoms with Crippen LogP contribution >= 0.6 is 0 Å². The summed E-state index contributed by atoms with van der Waals surface area (Å²) in [5.74, 6) is 0. The maximum absolute atomic E-state index is 12.3. The van der Waals surface area contributed by atoms with Crippen LogP contribution in [0.4, 0.5) is 10.5 Å². The second-order valence-electron chi connectivity index (χ2n) is 6.94. The molecule has 5 heteroatoms. The smallest absolute Gasteiger partial charge is 0.321 e. The van der Waals surface area contributed by atoms with Crippen LogP contribution in [0.5, 0.6) is 0 Å². The lowest BCUT2D eigenvalue weighted by molar-refractivity contribution is 0.0169. The number of likely N-dealkylation sites (tertiary alicyclic amines) is 1. The molecule has 1 aromatic carbocycles. The number of aliphatic hydroxyl groups excluding tert-OH is 1. The molecule has 0 radical (unpaired) electrons. The van der Waals surface area contributed by atoms with Crippen molar-refractivity contribution in [3.63, 3.8) is 0 Å². The average Bonchev–Trinajstić information content (AvgIpc) is 2.61. The average molecular weight is 332 g/mol. The highest BCUT2D eigenvalue weighted by Gasteiger charge is 2.22. The number of rotatable bonds is 4. The predicted molar refractivity (Wildman–Crippen MR) is 93.9 cm³/mol. The number of carbonyl (C=O) groups excluding carboxylic acids is 1. The van der Waals surface area contributed by atoms with Crippen molar-refractivity contribution in [1.82, 2.24) is 4.90 Å².